The van der Waals surface area contributed by atoms with Gasteiger partial charge < -0.3 is 15.0 Å². The Morgan fingerprint density at radius 2 is 2.00 bits per heavy atom. The van der Waals surface area contributed by atoms with Gasteiger partial charge in [0, 0.05) is 24.9 Å². The molecule has 0 bridgehead atoms. The van der Waals surface area contributed by atoms with Crippen LogP contribution in [-0.4, -0.2) is 35.5 Å². The average Bonchev–Trinajstić information content (AvgIpc) is 2.52. The molecule has 1 atom stereocenters. The molecule has 122 valence electrons. The number of nitrogens with one attached hydrogen (secondary N) is 1. The molecule has 0 radical (unpaired) electrons. The van der Waals surface area contributed by atoms with E-state index in [9.17, 15) is 19.7 Å². The molecule has 8 nitrogen and oxygen atoms in total. The van der Waals surface area contributed by atoms with Crippen molar-refractivity contribution >= 4 is 17.7 Å². The lowest BCUT2D eigenvalue weighted by Crippen LogP contribution is -2.46. The molecule has 23 heavy (non-hydrogen) atoms. The number of hydrogen-bond donors (Lipinski definition) is 1. The van der Waals surface area contributed by atoms with Crippen LogP contribution in [-0.2, 0) is 9.53 Å². The molecule has 1 heterocycles. The fourth-order valence-electron chi connectivity index (χ4n) is 2.35. The third kappa shape index (κ3) is 3.15. The molecule has 1 aromatic rings. The minimum Gasteiger partial charge on any atom is -0.463 e. The van der Waals surface area contributed by atoms with Crippen molar-refractivity contribution in [2.45, 2.75) is 19.9 Å². The molecule has 1 unspecified atom stereocenters. The van der Waals surface area contributed by atoms with E-state index in [0.29, 0.717) is 16.8 Å². The molecule has 1 aromatic carbocycles. The Labute approximate surface area is 132 Å². The highest BCUT2D eigenvalue weighted by molar-refractivity contribution is 5.95. The van der Waals surface area contributed by atoms with Gasteiger partial charge in [0.05, 0.1) is 23.1 Å². The van der Waals surface area contributed by atoms with Gasteiger partial charge in [0.1, 0.15) is 0 Å². The smallest absolute Gasteiger partial charge is 0.338 e. The third-order valence-corrected chi connectivity index (χ3v) is 3.69. The van der Waals surface area contributed by atoms with E-state index >= 15 is 0 Å². The van der Waals surface area contributed by atoms with Crippen LogP contribution < -0.4 is 5.32 Å². The summed E-state index contributed by atoms with van der Waals surface area (Å²) in [6, 6.07) is 4.62. The first-order chi connectivity index (χ1) is 10.9. The number of esters is 1. The lowest BCUT2D eigenvalue weighted by atomic mass is 9.95. The molecule has 0 fully saturated rings. The van der Waals surface area contributed by atoms with Gasteiger partial charge in [-0.2, -0.15) is 0 Å². The number of hydrogen-bond acceptors (Lipinski definition) is 5. The predicted molar refractivity (Wildman–Crippen MR) is 81.5 cm³/mol. The van der Waals surface area contributed by atoms with E-state index in [1.807, 2.05) is 0 Å². The lowest BCUT2D eigenvalue weighted by Gasteiger charge is -2.33. The molecular formula is C15H17N3O5. The van der Waals surface area contributed by atoms with Crippen LogP contribution in [0.4, 0.5) is 10.5 Å². The average molecular weight is 319 g/mol. The Morgan fingerprint density at radius 3 is 2.52 bits per heavy atom. The summed E-state index contributed by atoms with van der Waals surface area (Å²) in [6.07, 6.45) is 0. The van der Waals surface area contributed by atoms with Crippen LogP contribution in [0.1, 0.15) is 25.5 Å². The first-order valence-electron chi connectivity index (χ1n) is 7.03. The van der Waals surface area contributed by atoms with E-state index in [0.717, 1.165) is 0 Å². The van der Waals surface area contributed by atoms with Crippen molar-refractivity contribution in [3.05, 3.63) is 51.2 Å². The number of carbonyl (C=O) groups is 2. The second kappa shape index (κ2) is 6.47. The summed E-state index contributed by atoms with van der Waals surface area (Å²) in [5.74, 6) is -0.528. The minimum atomic E-state index is -0.710. The molecule has 0 saturated carbocycles. The number of rotatable bonds is 4. The first kappa shape index (κ1) is 16.5. The van der Waals surface area contributed by atoms with Crippen LogP contribution in [0.2, 0.25) is 0 Å². The molecule has 1 aliphatic heterocycles. The second-order valence-electron chi connectivity index (χ2n) is 5.01. The van der Waals surface area contributed by atoms with Gasteiger partial charge in [-0.3, -0.25) is 10.1 Å². The summed E-state index contributed by atoms with van der Waals surface area (Å²) in [5.41, 5.74) is 1.30. The lowest BCUT2D eigenvalue weighted by molar-refractivity contribution is -0.384. The normalized spacial score (nSPS) is 17.8. The van der Waals surface area contributed by atoms with E-state index in [2.05, 4.69) is 5.32 Å². The zero-order valence-electron chi connectivity index (χ0n) is 13.0. The summed E-state index contributed by atoms with van der Waals surface area (Å²) < 4.78 is 5.07. The second-order valence-corrected chi connectivity index (χ2v) is 5.01. The van der Waals surface area contributed by atoms with Crippen molar-refractivity contribution in [3.63, 3.8) is 0 Å². The quantitative estimate of drug-likeness (QED) is 0.520. The highest BCUT2D eigenvalue weighted by Crippen LogP contribution is 2.31. The highest BCUT2D eigenvalue weighted by atomic mass is 16.6. The Balaban J connectivity index is 2.46. The summed E-state index contributed by atoms with van der Waals surface area (Å²) in [5, 5.41) is 13.4. The van der Waals surface area contributed by atoms with Crippen molar-refractivity contribution in [2.75, 3.05) is 13.7 Å². The number of urea groups is 1. The molecule has 2 rings (SSSR count). The van der Waals surface area contributed by atoms with Crippen molar-refractivity contribution < 1.29 is 19.2 Å². The van der Waals surface area contributed by atoms with Crippen LogP contribution in [0.25, 0.3) is 0 Å². The molecule has 0 spiro atoms. The van der Waals surface area contributed by atoms with Gasteiger partial charge in [-0.1, -0.05) is 0 Å². The number of non-ortho nitro benzene ring substituents is 1. The molecule has 0 aromatic heterocycles. The van der Waals surface area contributed by atoms with Crippen LogP contribution >= 0.6 is 0 Å². The maximum Gasteiger partial charge on any atom is 0.338 e. The molecule has 2 amide bonds. The van der Waals surface area contributed by atoms with Gasteiger partial charge in [-0.15, -0.1) is 0 Å². The van der Waals surface area contributed by atoms with Crippen LogP contribution in [0.3, 0.4) is 0 Å². The third-order valence-electron chi connectivity index (χ3n) is 3.69. The van der Waals surface area contributed by atoms with E-state index < -0.39 is 16.9 Å². The number of nitrogens with zero attached hydrogens (tertiary/aromatic N) is 2. The maximum atomic E-state index is 12.3. The van der Waals surface area contributed by atoms with Gasteiger partial charge in [-0.05, 0) is 31.5 Å². The highest BCUT2D eigenvalue weighted by Gasteiger charge is 2.35. The Kier molecular flexibility index (Phi) is 4.63. The first-order valence-corrected chi connectivity index (χ1v) is 7.03. The molecule has 1 N–H and O–H groups in total. The number of nitro groups is 1. The van der Waals surface area contributed by atoms with Gasteiger partial charge in [0.25, 0.3) is 5.69 Å². The number of nitro benzene ring substituents is 1. The van der Waals surface area contributed by atoms with Gasteiger partial charge in [-0.25, -0.2) is 9.59 Å². The van der Waals surface area contributed by atoms with E-state index in [1.165, 1.54) is 29.2 Å². The SMILES string of the molecule is CCOC(=O)C1=C(C)N(C)C(=O)NC1c1ccc([N+](=O)[O-])cc1. The number of allylic oxidation sites excluding steroid dienone is 1. The fourth-order valence-corrected chi connectivity index (χ4v) is 2.35. The van der Waals surface area contributed by atoms with Crippen LogP contribution in [0, 0.1) is 10.1 Å². The zero-order chi connectivity index (χ0) is 17.1. The zero-order valence-corrected chi connectivity index (χ0v) is 13.0. The standard InChI is InChI=1S/C15H17N3O5/c1-4-23-14(19)12-9(2)17(3)15(20)16-13(12)10-5-7-11(8-6-10)18(21)22/h5-8,13H,4H2,1-3H3,(H,16,20). The number of carbonyl (C=O) groups excluding carboxylic acids is 2. The summed E-state index contributed by atoms with van der Waals surface area (Å²) in [7, 11) is 1.55. The van der Waals surface area contributed by atoms with Gasteiger partial charge >= 0.3 is 12.0 Å². The van der Waals surface area contributed by atoms with Crippen LogP contribution in [0.5, 0.6) is 0 Å². The number of amides is 2. The summed E-state index contributed by atoms with van der Waals surface area (Å²) in [4.78, 5) is 35.8. The van der Waals surface area contributed by atoms with Crippen molar-refractivity contribution in [2.24, 2.45) is 0 Å². The molecular weight excluding hydrogens is 302 g/mol. The maximum absolute atomic E-state index is 12.3. The van der Waals surface area contributed by atoms with Crippen molar-refractivity contribution in [1.29, 1.82) is 0 Å². The predicted octanol–water partition coefficient (Wildman–Crippen LogP) is 2.13. The van der Waals surface area contributed by atoms with Gasteiger partial charge in [0.2, 0.25) is 0 Å². The molecule has 1 aliphatic rings. The fraction of sp³-hybridized carbons (Fsp3) is 0.333. The van der Waals surface area contributed by atoms with E-state index in [4.69, 9.17) is 4.74 Å². The largest absolute Gasteiger partial charge is 0.463 e. The number of ether oxygens (including phenoxy) is 1. The Morgan fingerprint density at radius 1 is 1.39 bits per heavy atom. The molecule has 0 saturated heterocycles. The molecule has 8 heteroatoms. The molecule has 0 aliphatic carbocycles. The Hall–Kier alpha value is -2.90. The van der Waals surface area contributed by atoms with Crippen molar-refractivity contribution in [3.8, 4) is 0 Å². The number of benzene rings is 1. The topological polar surface area (TPSA) is 102 Å². The van der Waals surface area contributed by atoms with Crippen molar-refractivity contribution in [1.82, 2.24) is 10.2 Å². The summed E-state index contributed by atoms with van der Waals surface area (Å²) in [6.45, 7) is 3.56. The van der Waals surface area contributed by atoms with Gasteiger partial charge in [0.15, 0.2) is 0 Å². The minimum absolute atomic E-state index is 0.0635. The van der Waals surface area contributed by atoms with E-state index in [-0.39, 0.29) is 18.3 Å². The Bertz CT molecular complexity index is 681. The summed E-state index contributed by atoms with van der Waals surface area (Å²) >= 11 is 0. The van der Waals surface area contributed by atoms with Crippen LogP contribution in [0.15, 0.2) is 35.5 Å². The monoisotopic (exact) mass is 319 g/mol. The van der Waals surface area contributed by atoms with E-state index in [1.54, 1.807) is 20.9 Å².